The van der Waals surface area contributed by atoms with Gasteiger partial charge in [0.2, 0.25) is 0 Å². The molecule has 0 radical (unpaired) electrons. The molecule has 5 nitrogen and oxygen atoms in total. The van der Waals surface area contributed by atoms with Crippen LogP contribution in [-0.4, -0.2) is 28.6 Å². The Labute approximate surface area is 120 Å². The lowest BCUT2D eigenvalue weighted by atomic mass is 10.2. The predicted molar refractivity (Wildman–Crippen MR) is 83.9 cm³/mol. The standard InChI is InChI=1S/C14H16N4OS/c1-8(2)18-7-16-11-10-9(17(3)4)5-6-15-13(10)20-12(11)14(18)19/h5-8H,1-4H3. The number of nitrogens with zero attached hydrogens (tertiary/aromatic N) is 4. The molecule has 3 heterocycles. The maximum Gasteiger partial charge on any atom is 0.271 e. The number of hydrogen-bond acceptors (Lipinski definition) is 5. The fourth-order valence-electron chi connectivity index (χ4n) is 2.29. The summed E-state index contributed by atoms with van der Waals surface area (Å²) in [6, 6.07) is 2.05. The molecule has 0 aromatic carbocycles. The molecule has 0 fully saturated rings. The fraction of sp³-hybridized carbons (Fsp3) is 0.357. The second kappa shape index (κ2) is 4.56. The van der Waals surface area contributed by atoms with Crippen molar-refractivity contribution < 1.29 is 0 Å². The van der Waals surface area contributed by atoms with E-state index in [1.807, 2.05) is 38.9 Å². The van der Waals surface area contributed by atoms with E-state index in [1.54, 1.807) is 17.1 Å². The molecule has 0 aliphatic heterocycles. The Morgan fingerprint density at radius 2 is 2.05 bits per heavy atom. The van der Waals surface area contributed by atoms with Crippen LogP contribution < -0.4 is 10.5 Å². The Morgan fingerprint density at radius 1 is 1.30 bits per heavy atom. The van der Waals surface area contributed by atoms with Crippen molar-refractivity contribution in [1.82, 2.24) is 14.5 Å². The summed E-state index contributed by atoms with van der Waals surface area (Å²) in [4.78, 5) is 24.3. The van der Waals surface area contributed by atoms with Crippen molar-refractivity contribution in [2.75, 3.05) is 19.0 Å². The molecule has 0 aliphatic carbocycles. The smallest absolute Gasteiger partial charge is 0.271 e. The maximum absolute atomic E-state index is 12.5. The van der Waals surface area contributed by atoms with Crippen LogP contribution in [0.2, 0.25) is 0 Å². The van der Waals surface area contributed by atoms with Gasteiger partial charge in [0.25, 0.3) is 5.56 Å². The van der Waals surface area contributed by atoms with Crippen molar-refractivity contribution in [3.63, 3.8) is 0 Å². The number of thiophene rings is 1. The molecule has 0 amide bonds. The highest BCUT2D eigenvalue weighted by molar-refractivity contribution is 7.25. The average Bonchev–Trinajstić information content (AvgIpc) is 2.78. The molecule has 3 aromatic heterocycles. The highest BCUT2D eigenvalue weighted by Gasteiger charge is 2.16. The molecule has 0 saturated heterocycles. The number of rotatable bonds is 2. The van der Waals surface area contributed by atoms with E-state index in [0.717, 1.165) is 21.4 Å². The Kier molecular flexibility index (Phi) is 2.97. The van der Waals surface area contributed by atoms with Crippen LogP contribution in [0.3, 0.4) is 0 Å². The fourth-order valence-corrected chi connectivity index (χ4v) is 3.34. The van der Waals surface area contributed by atoms with Gasteiger partial charge in [-0.3, -0.25) is 9.36 Å². The summed E-state index contributed by atoms with van der Waals surface area (Å²) in [5.74, 6) is 0. The summed E-state index contributed by atoms with van der Waals surface area (Å²) in [6.45, 7) is 3.96. The topological polar surface area (TPSA) is 51.0 Å². The third-order valence-corrected chi connectivity index (χ3v) is 4.40. The number of anilines is 1. The highest BCUT2D eigenvalue weighted by Crippen LogP contribution is 2.35. The van der Waals surface area contributed by atoms with Crippen LogP contribution in [0.15, 0.2) is 23.4 Å². The predicted octanol–water partition coefficient (Wildman–Crippen LogP) is 2.65. The van der Waals surface area contributed by atoms with Gasteiger partial charge in [-0.25, -0.2) is 9.97 Å². The summed E-state index contributed by atoms with van der Waals surface area (Å²) >= 11 is 1.42. The van der Waals surface area contributed by atoms with Crippen LogP contribution in [0.25, 0.3) is 20.4 Å². The van der Waals surface area contributed by atoms with Gasteiger partial charge in [0.15, 0.2) is 0 Å². The average molecular weight is 288 g/mol. The van der Waals surface area contributed by atoms with Crippen LogP contribution in [0.5, 0.6) is 0 Å². The van der Waals surface area contributed by atoms with E-state index in [1.165, 1.54) is 11.3 Å². The van der Waals surface area contributed by atoms with Crippen LogP contribution in [0.1, 0.15) is 19.9 Å². The van der Waals surface area contributed by atoms with E-state index in [4.69, 9.17) is 0 Å². The summed E-state index contributed by atoms with van der Waals surface area (Å²) in [7, 11) is 3.96. The third kappa shape index (κ3) is 1.79. The van der Waals surface area contributed by atoms with Gasteiger partial charge in [-0.05, 0) is 19.9 Å². The van der Waals surface area contributed by atoms with Gasteiger partial charge >= 0.3 is 0 Å². The van der Waals surface area contributed by atoms with Gasteiger partial charge in [0.1, 0.15) is 9.53 Å². The van der Waals surface area contributed by atoms with Crippen LogP contribution in [-0.2, 0) is 0 Å². The van der Waals surface area contributed by atoms with E-state index in [-0.39, 0.29) is 11.6 Å². The molecule has 3 aromatic rings. The zero-order chi connectivity index (χ0) is 14.4. The highest BCUT2D eigenvalue weighted by atomic mass is 32.1. The summed E-state index contributed by atoms with van der Waals surface area (Å²) in [5, 5.41) is 0.963. The monoisotopic (exact) mass is 288 g/mol. The molecule has 6 heteroatoms. The SMILES string of the molecule is CC(C)n1cnc2c(sc3nccc(N(C)C)c32)c1=O. The largest absolute Gasteiger partial charge is 0.377 e. The minimum atomic E-state index is 0.0118. The molecule has 0 bridgehead atoms. The lowest BCUT2D eigenvalue weighted by molar-refractivity contribution is 0.574. The zero-order valence-corrected chi connectivity index (χ0v) is 12.7. The number of pyridine rings is 1. The van der Waals surface area contributed by atoms with Gasteiger partial charge in [-0.15, -0.1) is 11.3 Å². The molecule has 0 N–H and O–H groups in total. The lowest BCUT2D eigenvalue weighted by Crippen LogP contribution is -2.21. The normalized spacial score (nSPS) is 11.7. The van der Waals surface area contributed by atoms with Gasteiger partial charge in [0.05, 0.1) is 22.9 Å². The Hall–Kier alpha value is -1.95. The maximum atomic E-state index is 12.5. The Bertz CT molecular complexity index is 847. The van der Waals surface area contributed by atoms with E-state index in [2.05, 4.69) is 9.97 Å². The van der Waals surface area contributed by atoms with Crippen molar-refractivity contribution in [2.24, 2.45) is 0 Å². The molecule has 20 heavy (non-hydrogen) atoms. The Balaban J connectivity index is 2.47. The van der Waals surface area contributed by atoms with Gasteiger partial charge in [0, 0.05) is 26.3 Å². The molecule has 0 atom stereocenters. The van der Waals surface area contributed by atoms with Gasteiger partial charge in [-0.1, -0.05) is 0 Å². The molecular formula is C14H16N4OS. The Morgan fingerprint density at radius 3 is 2.70 bits per heavy atom. The third-order valence-electron chi connectivity index (χ3n) is 3.32. The minimum absolute atomic E-state index is 0.0118. The van der Waals surface area contributed by atoms with E-state index in [9.17, 15) is 4.79 Å². The zero-order valence-electron chi connectivity index (χ0n) is 11.9. The van der Waals surface area contributed by atoms with Crippen molar-refractivity contribution in [3.05, 3.63) is 28.9 Å². The first kappa shape index (κ1) is 13.1. The first-order chi connectivity index (χ1) is 9.50. The van der Waals surface area contributed by atoms with Gasteiger partial charge in [-0.2, -0.15) is 0 Å². The second-order valence-electron chi connectivity index (χ2n) is 5.24. The van der Waals surface area contributed by atoms with Crippen molar-refractivity contribution >= 4 is 37.5 Å². The molecular weight excluding hydrogens is 272 g/mol. The molecule has 0 unspecified atom stereocenters. The molecule has 0 aliphatic rings. The van der Waals surface area contributed by atoms with Crippen LogP contribution in [0.4, 0.5) is 5.69 Å². The molecule has 0 saturated carbocycles. The van der Waals surface area contributed by atoms with Gasteiger partial charge < -0.3 is 4.90 Å². The van der Waals surface area contributed by atoms with Crippen LogP contribution in [0, 0.1) is 0 Å². The number of aromatic nitrogens is 3. The lowest BCUT2D eigenvalue weighted by Gasteiger charge is -2.13. The van der Waals surface area contributed by atoms with E-state index in [0.29, 0.717) is 4.70 Å². The van der Waals surface area contributed by atoms with Crippen molar-refractivity contribution in [1.29, 1.82) is 0 Å². The summed E-state index contributed by atoms with van der Waals surface area (Å²) in [5.41, 5.74) is 1.80. The second-order valence-corrected chi connectivity index (χ2v) is 6.23. The first-order valence-corrected chi connectivity index (χ1v) is 7.28. The van der Waals surface area contributed by atoms with Crippen LogP contribution >= 0.6 is 11.3 Å². The summed E-state index contributed by atoms with van der Waals surface area (Å²) in [6.07, 6.45) is 3.40. The number of hydrogen-bond donors (Lipinski definition) is 0. The quantitative estimate of drug-likeness (QED) is 0.727. The molecule has 104 valence electrons. The summed E-state index contributed by atoms with van der Waals surface area (Å²) < 4.78 is 2.34. The minimum Gasteiger partial charge on any atom is -0.377 e. The van der Waals surface area contributed by atoms with Crippen molar-refractivity contribution in [2.45, 2.75) is 19.9 Å². The van der Waals surface area contributed by atoms with E-state index < -0.39 is 0 Å². The molecule has 0 spiro atoms. The van der Waals surface area contributed by atoms with E-state index >= 15 is 0 Å². The van der Waals surface area contributed by atoms with Crippen molar-refractivity contribution in [3.8, 4) is 0 Å². The number of fused-ring (bicyclic) bond motifs is 3. The first-order valence-electron chi connectivity index (χ1n) is 6.46. The molecule has 3 rings (SSSR count).